The maximum Gasteiger partial charge on any atom is 0.137 e. The average molecular weight is 315 g/mol. The van der Waals surface area contributed by atoms with Crippen LogP contribution in [-0.4, -0.2) is 30.6 Å². The van der Waals surface area contributed by atoms with Crippen molar-refractivity contribution in [2.45, 2.75) is 32.4 Å². The van der Waals surface area contributed by atoms with Crippen molar-refractivity contribution in [3.05, 3.63) is 34.1 Å². The molecule has 1 atom stereocenters. The van der Waals surface area contributed by atoms with Crippen molar-refractivity contribution >= 4 is 15.9 Å². The molecule has 18 heavy (non-hydrogen) atoms. The fraction of sp³-hybridized carbons (Fsp3) is 0.571. The molecule has 0 aromatic heterocycles. The van der Waals surface area contributed by atoms with E-state index in [0.717, 1.165) is 26.1 Å². The van der Waals surface area contributed by atoms with Gasteiger partial charge in [0.1, 0.15) is 5.82 Å². The molecule has 0 bridgehead atoms. The molecule has 0 saturated carbocycles. The second kappa shape index (κ2) is 6.13. The minimum atomic E-state index is -0.196. The monoisotopic (exact) mass is 314 g/mol. The zero-order valence-corrected chi connectivity index (χ0v) is 12.5. The number of halogens is 2. The Morgan fingerprint density at radius 1 is 1.50 bits per heavy atom. The lowest BCUT2D eigenvalue weighted by molar-refractivity contribution is 0.103. The van der Waals surface area contributed by atoms with Crippen LogP contribution in [0, 0.1) is 5.82 Å². The highest BCUT2D eigenvalue weighted by molar-refractivity contribution is 9.10. The van der Waals surface area contributed by atoms with Crippen molar-refractivity contribution in [1.82, 2.24) is 10.2 Å². The summed E-state index contributed by atoms with van der Waals surface area (Å²) in [5.41, 5.74) is 1.17. The molecule has 1 aromatic rings. The summed E-state index contributed by atoms with van der Waals surface area (Å²) in [7, 11) is 0. The largest absolute Gasteiger partial charge is 0.314 e. The van der Waals surface area contributed by atoms with Gasteiger partial charge >= 0.3 is 0 Å². The summed E-state index contributed by atoms with van der Waals surface area (Å²) in [5.74, 6) is -0.196. The van der Waals surface area contributed by atoms with Crippen LogP contribution in [0.5, 0.6) is 0 Å². The molecule has 1 aromatic carbocycles. The topological polar surface area (TPSA) is 15.3 Å². The van der Waals surface area contributed by atoms with E-state index in [2.05, 4.69) is 40.0 Å². The third kappa shape index (κ3) is 2.92. The molecule has 0 radical (unpaired) electrons. The molecular weight excluding hydrogens is 295 g/mol. The highest BCUT2D eigenvalue weighted by atomic mass is 79.9. The summed E-state index contributed by atoms with van der Waals surface area (Å²) in [6.45, 7) is 7.61. The molecule has 1 aliphatic heterocycles. The number of benzene rings is 1. The normalized spacial score (nSPS) is 17.8. The van der Waals surface area contributed by atoms with Gasteiger partial charge in [-0.05, 0) is 53.5 Å². The second-order valence-electron chi connectivity index (χ2n) is 4.90. The first kappa shape index (κ1) is 14.0. The molecule has 100 valence electrons. The van der Waals surface area contributed by atoms with Crippen molar-refractivity contribution in [3.63, 3.8) is 0 Å². The molecule has 1 aliphatic rings. The van der Waals surface area contributed by atoms with Gasteiger partial charge in [0.25, 0.3) is 0 Å². The van der Waals surface area contributed by atoms with Crippen LogP contribution in [-0.2, 0) is 0 Å². The van der Waals surface area contributed by atoms with Crippen LogP contribution in [0.4, 0.5) is 4.39 Å². The first-order valence-electron chi connectivity index (χ1n) is 6.55. The van der Waals surface area contributed by atoms with E-state index < -0.39 is 0 Å². The van der Waals surface area contributed by atoms with Gasteiger partial charge in [0, 0.05) is 25.2 Å². The van der Waals surface area contributed by atoms with E-state index in [0.29, 0.717) is 16.6 Å². The van der Waals surface area contributed by atoms with Gasteiger partial charge in [-0.2, -0.15) is 0 Å². The Kier molecular flexibility index (Phi) is 4.76. The first-order chi connectivity index (χ1) is 8.63. The molecule has 4 heteroatoms. The zero-order chi connectivity index (χ0) is 13.1. The van der Waals surface area contributed by atoms with E-state index in [9.17, 15) is 4.39 Å². The number of hydrogen-bond donors (Lipinski definition) is 1. The van der Waals surface area contributed by atoms with Crippen molar-refractivity contribution in [1.29, 1.82) is 0 Å². The van der Waals surface area contributed by atoms with Crippen LogP contribution in [0.3, 0.4) is 0 Å². The molecule has 1 fully saturated rings. The third-order valence-corrected chi connectivity index (χ3v) is 4.24. The van der Waals surface area contributed by atoms with Gasteiger partial charge in [0.15, 0.2) is 0 Å². The smallest absolute Gasteiger partial charge is 0.137 e. The summed E-state index contributed by atoms with van der Waals surface area (Å²) >= 11 is 3.26. The maximum atomic E-state index is 13.3. The van der Waals surface area contributed by atoms with Crippen molar-refractivity contribution < 1.29 is 4.39 Å². The fourth-order valence-electron chi connectivity index (χ4n) is 2.42. The second-order valence-corrected chi connectivity index (χ2v) is 5.75. The molecule has 1 N–H and O–H groups in total. The van der Waals surface area contributed by atoms with Gasteiger partial charge in [0.2, 0.25) is 0 Å². The minimum Gasteiger partial charge on any atom is -0.314 e. The summed E-state index contributed by atoms with van der Waals surface area (Å²) in [6.07, 6.45) is 1.14. The Morgan fingerprint density at radius 2 is 2.22 bits per heavy atom. The van der Waals surface area contributed by atoms with Gasteiger partial charge in [-0.15, -0.1) is 0 Å². The summed E-state index contributed by atoms with van der Waals surface area (Å²) in [5, 5.41) is 3.32. The van der Waals surface area contributed by atoms with Gasteiger partial charge in [-0.3, -0.25) is 4.90 Å². The predicted octanol–water partition coefficient (Wildman–Crippen LogP) is 3.33. The summed E-state index contributed by atoms with van der Waals surface area (Å²) in [6, 6.07) is 6.27. The van der Waals surface area contributed by atoms with E-state index in [1.165, 1.54) is 5.56 Å². The van der Waals surface area contributed by atoms with E-state index in [4.69, 9.17) is 0 Å². The zero-order valence-electron chi connectivity index (χ0n) is 10.9. The van der Waals surface area contributed by atoms with Crippen LogP contribution in [0.1, 0.15) is 31.9 Å². The highest BCUT2D eigenvalue weighted by Crippen LogP contribution is 2.27. The highest BCUT2D eigenvalue weighted by Gasteiger charge is 2.28. The van der Waals surface area contributed by atoms with Crippen molar-refractivity contribution in [3.8, 4) is 0 Å². The minimum absolute atomic E-state index is 0.196. The van der Waals surface area contributed by atoms with Crippen LogP contribution >= 0.6 is 15.9 Å². The molecule has 1 heterocycles. The van der Waals surface area contributed by atoms with Crippen LogP contribution < -0.4 is 5.32 Å². The van der Waals surface area contributed by atoms with Crippen LogP contribution in [0.25, 0.3) is 0 Å². The molecule has 2 nitrogen and oxygen atoms in total. The van der Waals surface area contributed by atoms with Gasteiger partial charge in [0.05, 0.1) is 4.47 Å². The van der Waals surface area contributed by atoms with E-state index in [-0.39, 0.29) is 5.82 Å². The average Bonchev–Trinajstić information content (AvgIpc) is 2.29. The lowest BCUT2D eigenvalue weighted by Gasteiger charge is -2.42. The van der Waals surface area contributed by atoms with E-state index in [1.807, 2.05) is 12.1 Å². The van der Waals surface area contributed by atoms with E-state index in [1.54, 1.807) is 6.07 Å². The third-order valence-electron chi connectivity index (χ3n) is 3.63. The standard InChI is InChI=1S/C14H20BrFN2/c1-3-6-18(12-8-17-9-12)10(2)11-4-5-14(16)13(15)7-11/h4-5,7,10,12,17H,3,6,8-9H2,1-2H3. The Bertz CT molecular complexity index is 407. The first-order valence-corrected chi connectivity index (χ1v) is 7.34. The number of rotatable bonds is 5. The van der Waals surface area contributed by atoms with Crippen molar-refractivity contribution in [2.24, 2.45) is 0 Å². The Balaban J connectivity index is 2.15. The Hall–Kier alpha value is -0.450. The number of nitrogens with zero attached hydrogens (tertiary/aromatic N) is 1. The van der Waals surface area contributed by atoms with Gasteiger partial charge < -0.3 is 5.32 Å². The predicted molar refractivity (Wildman–Crippen MR) is 76.2 cm³/mol. The number of nitrogens with one attached hydrogen (secondary N) is 1. The molecule has 0 aliphatic carbocycles. The Morgan fingerprint density at radius 3 is 2.72 bits per heavy atom. The fourth-order valence-corrected chi connectivity index (χ4v) is 2.82. The molecule has 0 amide bonds. The maximum absolute atomic E-state index is 13.3. The lowest BCUT2D eigenvalue weighted by atomic mass is 10.0. The van der Waals surface area contributed by atoms with E-state index >= 15 is 0 Å². The SMILES string of the molecule is CCCN(C1CNC1)C(C)c1ccc(F)c(Br)c1. The quantitative estimate of drug-likeness (QED) is 0.896. The molecule has 1 saturated heterocycles. The molecule has 0 spiro atoms. The lowest BCUT2D eigenvalue weighted by Crippen LogP contribution is -2.57. The number of hydrogen-bond acceptors (Lipinski definition) is 2. The molecular formula is C14H20BrFN2. The Labute approximate surface area is 117 Å². The van der Waals surface area contributed by atoms with Gasteiger partial charge in [-0.25, -0.2) is 4.39 Å². The van der Waals surface area contributed by atoms with Crippen molar-refractivity contribution in [2.75, 3.05) is 19.6 Å². The molecule has 2 rings (SSSR count). The summed E-state index contributed by atoms with van der Waals surface area (Å²) in [4.78, 5) is 2.51. The van der Waals surface area contributed by atoms with Crippen LogP contribution in [0.15, 0.2) is 22.7 Å². The van der Waals surface area contributed by atoms with Crippen LogP contribution in [0.2, 0.25) is 0 Å². The van der Waals surface area contributed by atoms with Gasteiger partial charge in [-0.1, -0.05) is 13.0 Å². The summed E-state index contributed by atoms with van der Waals surface area (Å²) < 4.78 is 13.8. The molecule has 1 unspecified atom stereocenters.